The van der Waals surface area contributed by atoms with Crippen molar-refractivity contribution in [2.24, 2.45) is 0 Å². The second-order valence-corrected chi connectivity index (χ2v) is 8.99. The van der Waals surface area contributed by atoms with E-state index in [0.29, 0.717) is 50.8 Å². The molecule has 1 aliphatic heterocycles. The molecule has 0 amide bonds. The predicted molar refractivity (Wildman–Crippen MR) is 116 cm³/mol. The molecule has 32 heavy (non-hydrogen) atoms. The van der Waals surface area contributed by atoms with Crippen molar-refractivity contribution in [3.63, 3.8) is 0 Å². The lowest BCUT2D eigenvalue weighted by molar-refractivity contribution is -0.137. The lowest BCUT2D eigenvalue weighted by Crippen LogP contribution is -2.45. The van der Waals surface area contributed by atoms with Crippen LogP contribution in [0.4, 0.5) is 14.5 Å². The van der Waals surface area contributed by atoms with Gasteiger partial charge in [-0.15, -0.1) is 11.8 Å². The highest BCUT2D eigenvalue weighted by atomic mass is 32.2. The van der Waals surface area contributed by atoms with Crippen molar-refractivity contribution in [3.8, 4) is 0 Å². The molecule has 0 atom stereocenters. The van der Waals surface area contributed by atoms with Crippen LogP contribution in [0, 0.1) is 11.6 Å². The Hall–Kier alpha value is -2.66. The number of aromatic nitrogens is 1. The van der Waals surface area contributed by atoms with Crippen LogP contribution in [0.5, 0.6) is 0 Å². The molecule has 2 aliphatic rings. The highest BCUT2D eigenvalue weighted by Gasteiger charge is 2.34. The van der Waals surface area contributed by atoms with E-state index in [9.17, 15) is 19.5 Å². The van der Waals surface area contributed by atoms with Gasteiger partial charge in [-0.1, -0.05) is 0 Å². The molecule has 1 aromatic heterocycles. The van der Waals surface area contributed by atoms with Crippen LogP contribution in [-0.4, -0.2) is 72.6 Å². The second kappa shape index (κ2) is 8.70. The van der Waals surface area contributed by atoms with Crippen LogP contribution in [0.2, 0.25) is 0 Å². The van der Waals surface area contributed by atoms with E-state index in [0.717, 1.165) is 6.20 Å². The van der Waals surface area contributed by atoms with Crippen LogP contribution in [0.3, 0.4) is 0 Å². The summed E-state index contributed by atoms with van der Waals surface area (Å²) in [6, 6.07) is -0.171. The molecule has 172 valence electrons. The summed E-state index contributed by atoms with van der Waals surface area (Å²) < 4.78 is 37.8. The summed E-state index contributed by atoms with van der Waals surface area (Å²) in [5.74, 6) is -4.28. The summed E-state index contributed by atoms with van der Waals surface area (Å²) in [5.41, 5.74) is -1.91. The summed E-state index contributed by atoms with van der Waals surface area (Å²) in [7, 11) is 3.10. The van der Waals surface area contributed by atoms with Gasteiger partial charge in [-0.3, -0.25) is 9.59 Å². The molecule has 1 saturated carbocycles. The van der Waals surface area contributed by atoms with Gasteiger partial charge in [0.25, 0.3) is 0 Å². The van der Waals surface area contributed by atoms with E-state index in [2.05, 4.69) is 4.74 Å². The Labute approximate surface area is 186 Å². The molecule has 1 N–H and O–H groups in total. The monoisotopic (exact) mass is 467 g/mol. The molecule has 4 rings (SSSR count). The Morgan fingerprint density at radius 2 is 1.84 bits per heavy atom. The fourth-order valence-corrected chi connectivity index (χ4v) is 4.86. The van der Waals surface area contributed by atoms with E-state index in [4.69, 9.17) is 0 Å². The average Bonchev–Trinajstić information content (AvgIpc) is 3.60. The number of carbonyl (C=O) groups is 2. The number of carboxylic acids is 1. The molecule has 0 unspecified atom stereocenters. The number of esters is 1. The largest absolute Gasteiger partial charge is 0.477 e. The molecular weight excluding hydrogens is 444 g/mol. The number of thioether (sulfide) groups is 1. The molecular formula is C21H23F2N3O5S. The fraction of sp³-hybridized carbons (Fsp3) is 0.476. The first-order valence-electron chi connectivity index (χ1n) is 10.2. The number of methoxy groups -OCH3 is 1. The number of fused-ring (bicyclic) bond motifs is 1. The Kier molecular flexibility index (Phi) is 6.13. The summed E-state index contributed by atoms with van der Waals surface area (Å²) >= 11 is 0.712. The Morgan fingerprint density at radius 3 is 2.41 bits per heavy atom. The number of rotatable bonds is 6. The number of anilines is 1. The molecule has 0 bridgehead atoms. The standard InChI is InChI=1S/C21H23F2N3O5S/c1-24-5-7-25(8-6-24)18-15(22)17-14(20(16(18)23)32-10-13(27)31-2)19(28)12(21(29)30)9-26(17)11-3-4-11/h9,11H,3-8,10H2,1-2H3,(H,29,30). The molecule has 1 aromatic carbocycles. The second-order valence-electron chi connectivity index (χ2n) is 8.00. The highest BCUT2D eigenvalue weighted by Crippen LogP contribution is 2.43. The zero-order valence-corrected chi connectivity index (χ0v) is 18.5. The molecule has 0 radical (unpaired) electrons. The van der Waals surface area contributed by atoms with Crippen LogP contribution in [-0.2, 0) is 9.53 Å². The number of carboxylic acid groups (broad SMARTS) is 1. The van der Waals surface area contributed by atoms with Crippen LogP contribution in [0.25, 0.3) is 10.9 Å². The summed E-state index contributed by atoms with van der Waals surface area (Å²) in [5, 5.41) is 9.18. The third-order valence-electron chi connectivity index (χ3n) is 5.84. The van der Waals surface area contributed by atoms with Gasteiger partial charge in [0.15, 0.2) is 11.6 Å². The Morgan fingerprint density at radius 1 is 1.19 bits per heavy atom. The van der Waals surface area contributed by atoms with E-state index in [1.54, 1.807) is 4.90 Å². The van der Waals surface area contributed by atoms with Gasteiger partial charge in [0.05, 0.1) is 28.7 Å². The predicted octanol–water partition coefficient (Wildman–Crippen LogP) is 2.33. The van der Waals surface area contributed by atoms with E-state index >= 15 is 8.78 Å². The van der Waals surface area contributed by atoms with Crippen molar-refractivity contribution in [1.82, 2.24) is 9.47 Å². The van der Waals surface area contributed by atoms with E-state index in [1.165, 1.54) is 11.7 Å². The molecule has 2 heterocycles. The number of carbonyl (C=O) groups excluding carboxylic acids is 1. The number of nitrogens with zero attached hydrogens (tertiary/aromatic N) is 3. The number of piperazine rings is 1. The van der Waals surface area contributed by atoms with Gasteiger partial charge in [0, 0.05) is 38.4 Å². The third-order valence-corrected chi connectivity index (χ3v) is 6.89. The number of likely N-dealkylation sites (N-methyl/N-ethyl adjacent to an activating group) is 1. The molecule has 11 heteroatoms. The van der Waals surface area contributed by atoms with Gasteiger partial charge in [-0.05, 0) is 19.9 Å². The van der Waals surface area contributed by atoms with Gasteiger partial charge < -0.3 is 24.2 Å². The van der Waals surface area contributed by atoms with E-state index < -0.39 is 34.6 Å². The van der Waals surface area contributed by atoms with Crippen molar-refractivity contribution in [3.05, 3.63) is 33.6 Å². The smallest absolute Gasteiger partial charge is 0.341 e. The summed E-state index contributed by atoms with van der Waals surface area (Å²) in [6.45, 7) is 1.99. The molecule has 1 saturated heterocycles. The summed E-state index contributed by atoms with van der Waals surface area (Å²) in [4.78, 5) is 39.9. The van der Waals surface area contributed by atoms with Crippen molar-refractivity contribution in [2.75, 3.05) is 51.0 Å². The number of pyridine rings is 1. The molecule has 2 aromatic rings. The first kappa shape index (κ1) is 22.5. The average molecular weight is 467 g/mol. The maximum absolute atomic E-state index is 15.9. The van der Waals surface area contributed by atoms with Crippen LogP contribution in [0.15, 0.2) is 15.9 Å². The normalized spacial score (nSPS) is 17.1. The minimum Gasteiger partial charge on any atom is -0.477 e. The first-order valence-corrected chi connectivity index (χ1v) is 11.2. The van der Waals surface area contributed by atoms with Crippen molar-refractivity contribution in [2.45, 2.75) is 23.8 Å². The molecule has 2 fully saturated rings. The highest BCUT2D eigenvalue weighted by molar-refractivity contribution is 8.00. The maximum Gasteiger partial charge on any atom is 0.341 e. The van der Waals surface area contributed by atoms with Crippen LogP contribution >= 0.6 is 11.8 Å². The zero-order valence-electron chi connectivity index (χ0n) is 17.7. The number of hydrogen-bond acceptors (Lipinski definition) is 7. The maximum atomic E-state index is 15.9. The topological polar surface area (TPSA) is 92.1 Å². The van der Waals surface area contributed by atoms with E-state index in [-0.39, 0.29) is 33.3 Å². The number of ether oxygens (including phenoxy) is 1. The van der Waals surface area contributed by atoms with Crippen molar-refractivity contribution < 1.29 is 28.2 Å². The van der Waals surface area contributed by atoms with Gasteiger partial charge >= 0.3 is 11.9 Å². The fourth-order valence-electron chi connectivity index (χ4n) is 3.92. The van der Waals surface area contributed by atoms with Crippen LogP contribution in [0.1, 0.15) is 29.2 Å². The Balaban J connectivity index is 2.02. The first-order chi connectivity index (χ1) is 15.2. The van der Waals surface area contributed by atoms with E-state index in [1.807, 2.05) is 11.9 Å². The molecule has 8 nitrogen and oxygen atoms in total. The van der Waals surface area contributed by atoms with Gasteiger partial charge in [-0.2, -0.15) is 0 Å². The van der Waals surface area contributed by atoms with Crippen molar-refractivity contribution in [1.29, 1.82) is 0 Å². The molecule has 0 spiro atoms. The lowest BCUT2D eigenvalue weighted by atomic mass is 10.1. The minimum absolute atomic E-state index is 0.120. The molecule has 1 aliphatic carbocycles. The number of aromatic carboxylic acids is 1. The summed E-state index contributed by atoms with van der Waals surface area (Å²) in [6.07, 6.45) is 2.54. The Bertz CT molecular complexity index is 1160. The zero-order chi connectivity index (χ0) is 23.2. The number of benzene rings is 1. The minimum atomic E-state index is -1.47. The van der Waals surface area contributed by atoms with Crippen LogP contribution < -0.4 is 10.3 Å². The lowest BCUT2D eigenvalue weighted by Gasteiger charge is -2.35. The van der Waals surface area contributed by atoms with Gasteiger partial charge in [-0.25, -0.2) is 13.6 Å². The number of halogens is 2. The van der Waals surface area contributed by atoms with Crippen molar-refractivity contribution >= 4 is 40.3 Å². The van der Waals surface area contributed by atoms with Gasteiger partial charge in [0.1, 0.15) is 11.3 Å². The third kappa shape index (κ3) is 3.95. The quantitative estimate of drug-likeness (QED) is 0.511. The number of hydrogen-bond donors (Lipinski definition) is 1. The van der Waals surface area contributed by atoms with Gasteiger partial charge in [0.2, 0.25) is 5.43 Å². The SMILES string of the molecule is COC(=O)CSc1c(F)c(N2CCN(C)CC2)c(F)c2c1c(=O)c(C(=O)O)cn2C1CC1.